The van der Waals surface area contributed by atoms with Crippen LogP contribution in [0.15, 0.2) is 0 Å². The molecule has 0 radical (unpaired) electrons. The summed E-state index contributed by atoms with van der Waals surface area (Å²) < 4.78 is 5.19. The van der Waals surface area contributed by atoms with Crippen LogP contribution in [0.4, 0.5) is 0 Å². The summed E-state index contributed by atoms with van der Waals surface area (Å²) in [4.78, 5) is 10.3. The molecular formula is C6H10O3S2. The Kier molecular flexibility index (Phi) is 5.23. The highest BCUT2D eigenvalue weighted by atomic mass is 32.2. The van der Waals surface area contributed by atoms with Gasteiger partial charge < -0.3 is 9.84 Å². The van der Waals surface area contributed by atoms with Gasteiger partial charge in [0.05, 0.1) is 6.61 Å². The molecule has 11 heavy (non-hydrogen) atoms. The lowest BCUT2D eigenvalue weighted by atomic mass is 10.5. The summed E-state index contributed by atoms with van der Waals surface area (Å²) in [5.74, 6) is -0.878. The fourth-order valence-electron chi connectivity index (χ4n) is 0.347. The van der Waals surface area contributed by atoms with Crippen LogP contribution in [0.25, 0.3) is 0 Å². The van der Waals surface area contributed by atoms with Gasteiger partial charge in [0.25, 0.3) is 0 Å². The Balaban J connectivity index is 3.66. The van der Waals surface area contributed by atoms with Gasteiger partial charge in [0, 0.05) is 0 Å². The van der Waals surface area contributed by atoms with Gasteiger partial charge in [-0.3, -0.25) is 4.79 Å². The van der Waals surface area contributed by atoms with Gasteiger partial charge >= 0.3 is 5.97 Å². The maximum Gasteiger partial charge on any atom is 0.316 e. The quantitative estimate of drug-likeness (QED) is 0.690. The molecule has 0 bridgehead atoms. The average molecular weight is 194 g/mol. The monoisotopic (exact) mass is 194 g/mol. The molecule has 0 rings (SSSR count). The van der Waals surface area contributed by atoms with E-state index in [1.165, 1.54) is 0 Å². The molecule has 3 nitrogen and oxygen atoms in total. The summed E-state index contributed by atoms with van der Waals surface area (Å²) >= 11 is 5.77. The first kappa shape index (κ1) is 10.7. The van der Waals surface area contributed by atoms with Crippen molar-refractivity contribution in [3.63, 3.8) is 0 Å². The Hall–Kier alpha value is -0.290. The lowest BCUT2D eigenvalue weighted by Gasteiger charge is -2.06. The molecule has 0 heterocycles. The van der Waals surface area contributed by atoms with E-state index >= 15 is 0 Å². The van der Waals surface area contributed by atoms with E-state index in [1.54, 1.807) is 13.8 Å². The van der Waals surface area contributed by atoms with Gasteiger partial charge in [-0.1, -0.05) is 11.8 Å². The predicted octanol–water partition coefficient (Wildman–Crippen LogP) is 1.51. The number of carbonyl (C=O) groups is 1. The Morgan fingerprint density at radius 1 is 1.82 bits per heavy atom. The molecule has 0 aliphatic heterocycles. The normalized spacial score (nSPS) is 12.2. The molecule has 0 amide bonds. The molecule has 0 aromatic heterocycles. The third-order valence-corrected chi connectivity index (χ3v) is 2.15. The minimum absolute atomic E-state index is 0.294. The standard InChI is InChI=1S/C6H10O3S2/c1-3-9-6(10)11-4(2)5(7)8/h4H,3H2,1-2H3,(H,7,8)/t4-/m1/s1. The van der Waals surface area contributed by atoms with Crippen molar-refractivity contribution in [2.75, 3.05) is 6.61 Å². The fraction of sp³-hybridized carbons (Fsp3) is 0.667. The van der Waals surface area contributed by atoms with Gasteiger partial charge in [0.2, 0.25) is 4.38 Å². The van der Waals surface area contributed by atoms with E-state index < -0.39 is 11.2 Å². The SMILES string of the molecule is CCOC(=S)S[C@H](C)C(=O)O. The molecule has 1 N–H and O–H groups in total. The van der Waals surface area contributed by atoms with Crippen molar-refractivity contribution in [3.8, 4) is 0 Å². The molecule has 1 atom stereocenters. The van der Waals surface area contributed by atoms with Crippen LogP contribution in [0.3, 0.4) is 0 Å². The molecule has 0 aromatic rings. The predicted molar refractivity (Wildman–Crippen MR) is 48.9 cm³/mol. The largest absolute Gasteiger partial charge is 0.480 e. The Morgan fingerprint density at radius 2 is 2.36 bits per heavy atom. The van der Waals surface area contributed by atoms with E-state index in [4.69, 9.17) is 22.1 Å². The maximum absolute atomic E-state index is 10.3. The summed E-state index contributed by atoms with van der Waals surface area (Å²) in [6.07, 6.45) is 0. The van der Waals surface area contributed by atoms with E-state index in [0.29, 0.717) is 11.0 Å². The summed E-state index contributed by atoms with van der Waals surface area (Å²) in [6, 6.07) is 0. The maximum atomic E-state index is 10.3. The minimum Gasteiger partial charge on any atom is -0.480 e. The zero-order valence-electron chi connectivity index (χ0n) is 6.36. The lowest BCUT2D eigenvalue weighted by Crippen LogP contribution is -2.14. The zero-order chi connectivity index (χ0) is 8.85. The van der Waals surface area contributed by atoms with Crippen LogP contribution in [0.2, 0.25) is 0 Å². The summed E-state index contributed by atoms with van der Waals surface area (Å²) in [7, 11) is 0. The molecular weight excluding hydrogens is 184 g/mol. The van der Waals surface area contributed by atoms with Gasteiger partial charge in [0.15, 0.2) is 0 Å². The Morgan fingerprint density at radius 3 is 2.73 bits per heavy atom. The van der Waals surface area contributed by atoms with E-state index in [-0.39, 0.29) is 0 Å². The van der Waals surface area contributed by atoms with Crippen molar-refractivity contribution in [1.82, 2.24) is 0 Å². The molecule has 0 saturated heterocycles. The van der Waals surface area contributed by atoms with Crippen molar-refractivity contribution in [2.24, 2.45) is 0 Å². The highest BCUT2D eigenvalue weighted by Crippen LogP contribution is 2.13. The molecule has 5 heteroatoms. The van der Waals surface area contributed by atoms with Crippen molar-refractivity contribution in [2.45, 2.75) is 19.1 Å². The molecule has 0 saturated carbocycles. The van der Waals surface area contributed by atoms with Crippen molar-refractivity contribution in [3.05, 3.63) is 0 Å². The second-order valence-electron chi connectivity index (χ2n) is 1.78. The van der Waals surface area contributed by atoms with E-state index in [2.05, 4.69) is 0 Å². The number of carboxylic acid groups (broad SMARTS) is 1. The van der Waals surface area contributed by atoms with E-state index in [0.717, 1.165) is 11.8 Å². The molecule has 64 valence electrons. The molecule has 0 aromatic carbocycles. The third kappa shape index (κ3) is 5.03. The first-order valence-electron chi connectivity index (χ1n) is 3.14. The highest BCUT2D eigenvalue weighted by Gasteiger charge is 2.14. The average Bonchev–Trinajstić information content (AvgIpc) is 1.87. The number of aliphatic carboxylic acids is 1. The first-order chi connectivity index (χ1) is 5.07. The zero-order valence-corrected chi connectivity index (χ0v) is 8.00. The number of carboxylic acids is 1. The van der Waals surface area contributed by atoms with E-state index in [9.17, 15) is 4.79 Å². The molecule has 0 unspecified atom stereocenters. The molecule has 0 spiro atoms. The lowest BCUT2D eigenvalue weighted by molar-refractivity contribution is -0.136. The van der Waals surface area contributed by atoms with Crippen molar-refractivity contribution < 1.29 is 14.6 Å². The van der Waals surface area contributed by atoms with Crippen LogP contribution >= 0.6 is 24.0 Å². The summed E-state index contributed by atoms with van der Waals surface area (Å²) in [5, 5.41) is 7.93. The number of hydrogen-bond donors (Lipinski definition) is 1. The van der Waals surface area contributed by atoms with Crippen LogP contribution in [0.5, 0.6) is 0 Å². The van der Waals surface area contributed by atoms with Gasteiger partial charge in [-0.25, -0.2) is 0 Å². The Bertz CT molecular complexity index is 158. The minimum atomic E-state index is -0.878. The topological polar surface area (TPSA) is 46.5 Å². The number of ether oxygens (including phenoxy) is 1. The van der Waals surface area contributed by atoms with E-state index in [1.807, 2.05) is 0 Å². The van der Waals surface area contributed by atoms with Gasteiger partial charge in [-0.05, 0) is 26.1 Å². The van der Waals surface area contributed by atoms with Crippen LogP contribution in [0.1, 0.15) is 13.8 Å². The van der Waals surface area contributed by atoms with Gasteiger partial charge in [-0.2, -0.15) is 0 Å². The first-order valence-corrected chi connectivity index (χ1v) is 4.43. The summed E-state index contributed by atoms with van der Waals surface area (Å²) in [6.45, 7) is 3.86. The number of thioether (sulfide) groups is 1. The fourth-order valence-corrected chi connectivity index (χ4v) is 1.47. The smallest absolute Gasteiger partial charge is 0.316 e. The van der Waals surface area contributed by atoms with Crippen LogP contribution in [-0.2, 0) is 9.53 Å². The number of hydrogen-bond acceptors (Lipinski definition) is 4. The third-order valence-electron chi connectivity index (χ3n) is 0.883. The van der Waals surface area contributed by atoms with Crippen LogP contribution < -0.4 is 0 Å². The van der Waals surface area contributed by atoms with Gasteiger partial charge in [0.1, 0.15) is 5.25 Å². The van der Waals surface area contributed by atoms with Crippen LogP contribution in [0, 0.1) is 0 Å². The highest BCUT2D eigenvalue weighted by molar-refractivity contribution is 8.23. The van der Waals surface area contributed by atoms with Gasteiger partial charge in [-0.15, -0.1) is 0 Å². The second kappa shape index (κ2) is 5.37. The molecule has 0 aliphatic rings. The van der Waals surface area contributed by atoms with Crippen molar-refractivity contribution >= 4 is 34.3 Å². The number of rotatable bonds is 3. The van der Waals surface area contributed by atoms with Crippen molar-refractivity contribution in [1.29, 1.82) is 0 Å². The van der Waals surface area contributed by atoms with Crippen LogP contribution in [-0.4, -0.2) is 27.3 Å². The Labute approximate surface area is 75.1 Å². The summed E-state index contributed by atoms with van der Waals surface area (Å²) in [5.41, 5.74) is 0. The molecule has 0 fully saturated rings. The molecule has 0 aliphatic carbocycles. The number of thiocarbonyl (C=S) groups is 1. The second-order valence-corrected chi connectivity index (χ2v) is 3.72.